The average Bonchev–Trinajstić information content (AvgIpc) is 2.32. The number of rotatable bonds is 5. The molecule has 0 unspecified atom stereocenters. The predicted molar refractivity (Wildman–Crippen MR) is 71.4 cm³/mol. The Balaban J connectivity index is 1.64. The Kier molecular flexibility index (Phi) is 4.60. The van der Waals surface area contributed by atoms with Crippen LogP contribution in [0.15, 0.2) is 28.7 Å². The van der Waals surface area contributed by atoms with Crippen molar-refractivity contribution in [2.75, 3.05) is 13.2 Å². The molecule has 0 spiro atoms. The normalized spacial score (nSPS) is 22.1. The van der Waals surface area contributed by atoms with E-state index in [2.05, 4.69) is 21.2 Å². The molecule has 1 aliphatic rings. The molecule has 1 amide bonds. The molecule has 1 aliphatic carbocycles. The molecule has 0 aliphatic heterocycles. The molecular formula is C13H16BrNO3. The van der Waals surface area contributed by atoms with Gasteiger partial charge in [-0.15, -0.1) is 0 Å². The molecule has 0 atom stereocenters. The molecule has 0 heterocycles. The van der Waals surface area contributed by atoms with E-state index in [1.165, 1.54) is 0 Å². The smallest absolute Gasteiger partial charge is 0.257 e. The maximum absolute atomic E-state index is 11.5. The van der Waals surface area contributed by atoms with Crippen LogP contribution in [-0.4, -0.2) is 30.3 Å². The summed E-state index contributed by atoms with van der Waals surface area (Å²) in [6.45, 7) is 0.649. The quantitative estimate of drug-likeness (QED) is 0.870. The van der Waals surface area contributed by atoms with Gasteiger partial charge in [0.25, 0.3) is 5.91 Å². The molecule has 1 aromatic rings. The molecule has 0 saturated heterocycles. The number of amides is 1. The predicted octanol–water partition coefficient (Wildman–Crippen LogP) is 1.71. The van der Waals surface area contributed by atoms with Gasteiger partial charge in [-0.05, 0) is 43.0 Å². The van der Waals surface area contributed by atoms with E-state index in [0.717, 1.165) is 17.3 Å². The maximum atomic E-state index is 11.5. The monoisotopic (exact) mass is 313 g/mol. The zero-order chi connectivity index (χ0) is 13.0. The summed E-state index contributed by atoms with van der Waals surface area (Å²) in [5.74, 6) is 0.961. The highest BCUT2D eigenvalue weighted by Crippen LogP contribution is 2.26. The van der Waals surface area contributed by atoms with Gasteiger partial charge in [-0.1, -0.05) is 15.9 Å². The number of hydrogen-bond donors (Lipinski definition) is 2. The van der Waals surface area contributed by atoms with Crippen LogP contribution in [0.3, 0.4) is 0 Å². The molecule has 0 aromatic heterocycles. The topological polar surface area (TPSA) is 58.6 Å². The Bertz CT molecular complexity index is 401. The number of hydrogen-bond acceptors (Lipinski definition) is 3. The molecule has 0 radical (unpaired) electrons. The Labute approximate surface area is 114 Å². The van der Waals surface area contributed by atoms with Gasteiger partial charge in [0.1, 0.15) is 5.75 Å². The van der Waals surface area contributed by atoms with Crippen molar-refractivity contribution in [1.29, 1.82) is 0 Å². The van der Waals surface area contributed by atoms with Crippen molar-refractivity contribution >= 4 is 21.8 Å². The number of carbonyl (C=O) groups excluding carboxylic acids is 1. The van der Waals surface area contributed by atoms with Crippen LogP contribution in [-0.2, 0) is 4.79 Å². The highest BCUT2D eigenvalue weighted by molar-refractivity contribution is 9.10. The van der Waals surface area contributed by atoms with Crippen molar-refractivity contribution < 1.29 is 14.6 Å². The average molecular weight is 314 g/mol. The molecular weight excluding hydrogens is 298 g/mol. The first kappa shape index (κ1) is 13.4. The first-order chi connectivity index (χ1) is 8.63. The fourth-order valence-electron chi connectivity index (χ4n) is 1.86. The number of ether oxygens (including phenoxy) is 1. The van der Waals surface area contributed by atoms with Gasteiger partial charge < -0.3 is 15.2 Å². The lowest BCUT2D eigenvalue weighted by molar-refractivity contribution is -0.123. The Morgan fingerprint density at radius 3 is 2.67 bits per heavy atom. The van der Waals surface area contributed by atoms with Crippen molar-refractivity contribution in [2.24, 2.45) is 5.92 Å². The lowest BCUT2D eigenvalue weighted by atomic mass is 9.82. The fourth-order valence-corrected chi connectivity index (χ4v) is 2.12. The summed E-state index contributed by atoms with van der Waals surface area (Å²) in [5, 5.41) is 11.9. The van der Waals surface area contributed by atoms with Crippen LogP contribution in [0.1, 0.15) is 12.8 Å². The minimum atomic E-state index is -0.175. The van der Waals surface area contributed by atoms with Gasteiger partial charge in [0.05, 0.1) is 6.10 Å². The second-order valence-corrected chi connectivity index (χ2v) is 5.45. The lowest BCUT2D eigenvalue weighted by Gasteiger charge is -2.31. The van der Waals surface area contributed by atoms with Crippen molar-refractivity contribution in [2.45, 2.75) is 18.9 Å². The van der Waals surface area contributed by atoms with E-state index >= 15 is 0 Å². The molecule has 2 N–H and O–H groups in total. The summed E-state index contributed by atoms with van der Waals surface area (Å²) in [6, 6.07) is 7.34. The highest BCUT2D eigenvalue weighted by atomic mass is 79.9. The number of aliphatic hydroxyl groups excluding tert-OH is 1. The summed E-state index contributed by atoms with van der Waals surface area (Å²) < 4.78 is 6.32. The molecule has 1 saturated carbocycles. The Morgan fingerprint density at radius 2 is 2.06 bits per heavy atom. The lowest BCUT2D eigenvalue weighted by Crippen LogP contribution is -2.39. The van der Waals surface area contributed by atoms with E-state index in [1.54, 1.807) is 12.1 Å². The third kappa shape index (κ3) is 3.99. The van der Waals surface area contributed by atoms with Crippen LogP contribution in [0.4, 0.5) is 0 Å². The standard InChI is InChI=1S/C13H16BrNO3/c14-10-1-3-12(4-2-10)18-8-13(17)15-7-9-5-11(16)6-9/h1-4,9,11,16H,5-8H2,(H,15,17). The summed E-state index contributed by atoms with van der Waals surface area (Å²) in [6.07, 6.45) is 1.40. The summed E-state index contributed by atoms with van der Waals surface area (Å²) in [4.78, 5) is 11.5. The number of aliphatic hydroxyl groups is 1. The van der Waals surface area contributed by atoms with E-state index in [1.807, 2.05) is 12.1 Å². The van der Waals surface area contributed by atoms with E-state index in [-0.39, 0.29) is 18.6 Å². The first-order valence-electron chi connectivity index (χ1n) is 5.96. The van der Waals surface area contributed by atoms with Crippen LogP contribution in [0.25, 0.3) is 0 Å². The van der Waals surface area contributed by atoms with Gasteiger partial charge >= 0.3 is 0 Å². The number of nitrogens with one attached hydrogen (secondary N) is 1. The zero-order valence-corrected chi connectivity index (χ0v) is 11.5. The molecule has 1 aromatic carbocycles. The second kappa shape index (κ2) is 6.20. The first-order valence-corrected chi connectivity index (χ1v) is 6.76. The molecule has 18 heavy (non-hydrogen) atoms. The number of halogens is 1. The van der Waals surface area contributed by atoms with Crippen LogP contribution in [0, 0.1) is 5.92 Å². The van der Waals surface area contributed by atoms with Crippen LogP contribution < -0.4 is 10.1 Å². The minimum absolute atomic E-state index is 0.0247. The van der Waals surface area contributed by atoms with Crippen molar-refractivity contribution in [1.82, 2.24) is 5.32 Å². The minimum Gasteiger partial charge on any atom is -0.484 e. The maximum Gasteiger partial charge on any atom is 0.257 e. The largest absolute Gasteiger partial charge is 0.484 e. The van der Waals surface area contributed by atoms with E-state index in [9.17, 15) is 4.79 Å². The number of benzene rings is 1. The molecule has 98 valence electrons. The number of carbonyl (C=O) groups is 1. The van der Waals surface area contributed by atoms with Crippen LogP contribution in [0.2, 0.25) is 0 Å². The van der Waals surface area contributed by atoms with Gasteiger partial charge in [-0.2, -0.15) is 0 Å². The van der Waals surface area contributed by atoms with Gasteiger partial charge in [-0.3, -0.25) is 4.79 Å². The van der Waals surface area contributed by atoms with Crippen molar-refractivity contribution in [3.63, 3.8) is 0 Å². The van der Waals surface area contributed by atoms with Crippen molar-refractivity contribution in [3.05, 3.63) is 28.7 Å². The van der Waals surface area contributed by atoms with Crippen LogP contribution >= 0.6 is 15.9 Å². The molecule has 5 heteroatoms. The SMILES string of the molecule is O=C(COc1ccc(Br)cc1)NCC1CC(O)C1. The fraction of sp³-hybridized carbons (Fsp3) is 0.462. The van der Waals surface area contributed by atoms with Gasteiger partial charge in [0, 0.05) is 11.0 Å². The van der Waals surface area contributed by atoms with Gasteiger partial charge in [-0.25, -0.2) is 0 Å². The Morgan fingerprint density at radius 1 is 1.39 bits per heavy atom. The van der Waals surface area contributed by atoms with E-state index in [4.69, 9.17) is 9.84 Å². The molecule has 1 fully saturated rings. The van der Waals surface area contributed by atoms with Crippen molar-refractivity contribution in [3.8, 4) is 5.75 Å². The molecule has 2 rings (SSSR count). The van der Waals surface area contributed by atoms with Gasteiger partial charge in [0.2, 0.25) is 0 Å². The van der Waals surface area contributed by atoms with Crippen LogP contribution in [0.5, 0.6) is 5.75 Å². The van der Waals surface area contributed by atoms with Gasteiger partial charge in [0.15, 0.2) is 6.61 Å². The summed E-state index contributed by atoms with van der Waals surface area (Å²) in [5.41, 5.74) is 0. The summed E-state index contributed by atoms with van der Waals surface area (Å²) in [7, 11) is 0. The Hall–Kier alpha value is -1.07. The highest BCUT2D eigenvalue weighted by Gasteiger charge is 2.27. The van der Waals surface area contributed by atoms with E-state index < -0.39 is 0 Å². The van der Waals surface area contributed by atoms with E-state index in [0.29, 0.717) is 18.2 Å². The third-order valence-corrected chi connectivity index (χ3v) is 3.51. The summed E-state index contributed by atoms with van der Waals surface area (Å²) >= 11 is 3.33. The molecule has 4 nitrogen and oxygen atoms in total. The zero-order valence-electron chi connectivity index (χ0n) is 9.93. The molecule has 0 bridgehead atoms. The second-order valence-electron chi connectivity index (χ2n) is 4.54. The third-order valence-electron chi connectivity index (χ3n) is 2.98.